The Hall–Kier alpha value is -2.47. The Bertz CT molecular complexity index is 694. The number of anilines is 2. The lowest BCUT2D eigenvalue weighted by Crippen LogP contribution is -2.40. The first-order valence-corrected chi connectivity index (χ1v) is 8.20. The van der Waals surface area contributed by atoms with E-state index < -0.39 is 0 Å². The van der Waals surface area contributed by atoms with Crippen molar-refractivity contribution in [3.8, 4) is 0 Å². The summed E-state index contributed by atoms with van der Waals surface area (Å²) < 4.78 is 5.27. The Morgan fingerprint density at radius 2 is 1.83 bits per heavy atom. The van der Waals surface area contributed by atoms with E-state index in [1.54, 1.807) is 17.3 Å². The van der Waals surface area contributed by atoms with Crippen LogP contribution in [0.5, 0.6) is 0 Å². The Balaban J connectivity index is 1.72. The molecule has 2 heterocycles. The molecular weight excluding hydrogens is 304 g/mol. The quantitative estimate of drug-likeness (QED) is 0.936. The average molecular weight is 326 g/mol. The first kappa shape index (κ1) is 16.4. The molecule has 0 atom stereocenters. The fourth-order valence-electron chi connectivity index (χ4n) is 2.69. The van der Waals surface area contributed by atoms with Crippen LogP contribution in [0.15, 0.2) is 36.7 Å². The van der Waals surface area contributed by atoms with E-state index in [0.717, 1.165) is 5.69 Å². The molecule has 6 heteroatoms. The highest BCUT2D eigenvalue weighted by Gasteiger charge is 2.19. The lowest BCUT2D eigenvalue weighted by Gasteiger charge is -2.26. The minimum Gasteiger partial charge on any atom is -0.378 e. The van der Waals surface area contributed by atoms with Crippen molar-refractivity contribution in [2.75, 3.05) is 31.6 Å². The van der Waals surface area contributed by atoms with Gasteiger partial charge in [0.05, 0.1) is 18.8 Å². The number of carbonyl (C=O) groups excluding carboxylic acids is 1. The van der Waals surface area contributed by atoms with E-state index in [9.17, 15) is 4.79 Å². The van der Waals surface area contributed by atoms with Crippen molar-refractivity contribution < 1.29 is 9.53 Å². The SMILES string of the molecule is CC(C)c1ccccc1Nc1ncc(C(=O)N2CCOCC2)cn1. The van der Waals surface area contributed by atoms with E-state index in [-0.39, 0.29) is 5.91 Å². The summed E-state index contributed by atoms with van der Waals surface area (Å²) in [4.78, 5) is 22.7. The number of amides is 1. The van der Waals surface area contributed by atoms with Gasteiger partial charge in [0.15, 0.2) is 0 Å². The van der Waals surface area contributed by atoms with Crippen LogP contribution in [-0.4, -0.2) is 47.1 Å². The zero-order valence-corrected chi connectivity index (χ0v) is 14.0. The third kappa shape index (κ3) is 3.71. The summed E-state index contributed by atoms with van der Waals surface area (Å²) in [7, 11) is 0. The van der Waals surface area contributed by atoms with Gasteiger partial charge >= 0.3 is 0 Å². The van der Waals surface area contributed by atoms with Crippen LogP contribution in [0.25, 0.3) is 0 Å². The number of hydrogen-bond acceptors (Lipinski definition) is 5. The molecule has 0 aliphatic carbocycles. The normalized spacial score (nSPS) is 14.7. The van der Waals surface area contributed by atoms with Gasteiger partial charge in [0.2, 0.25) is 5.95 Å². The molecule has 0 radical (unpaired) electrons. The van der Waals surface area contributed by atoms with Crippen LogP contribution < -0.4 is 5.32 Å². The standard InChI is InChI=1S/C18H22N4O2/c1-13(2)15-5-3-4-6-16(15)21-18-19-11-14(12-20-18)17(23)22-7-9-24-10-8-22/h3-6,11-13H,7-10H2,1-2H3,(H,19,20,21). The fraction of sp³-hybridized carbons (Fsp3) is 0.389. The molecule has 2 aromatic rings. The fourth-order valence-corrected chi connectivity index (χ4v) is 2.69. The first-order valence-electron chi connectivity index (χ1n) is 8.20. The summed E-state index contributed by atoms with van der Waals surface area (Å²) >= 11 is 0. The van der Waals surface area contributed by atoms with Gasteiger partial charge in [-0.2, -0.15) is 0 Å². The second-order valence-corrected chi connectivity index (χ2v) is 6.07. The number of morpholine rings is 1. The van der Waals surface area contributed by atoms with Crippen molar-refractivity contribution in [1.82, 2.24) is 14.9 Å². The maximum Gasteiger partial charge on any atom is 0.257 e. The van der Waals surface area contributed by atoms with Crippen LogP contribution in [-0.2, 0) is 4.74 Å². The summed E-state index contributed by atoms with van der Waals surface area (Å²) in [6, 6.07) is 8.09. The number of para-hydroxylation sites is 1. The van der Waals surface area contributed by atoms with Crippen LogP contribution in [0.2, 0.25) is 0 Å². The van der Waals surface area contributed by atoms with Crippen LogP contribution >= 0.6 is 0 Å². The van der Waals surface area contributed by atoms with E-state index in [4.69, 9.17) is 4.74 Å². The molecule has 1 aliphatic heterocycles. The Labute approximate surface area is 141 Å². The molecule has 1 N–H and O–H groups in total. The maximum atomic E-state index is 12.4. The number of ether oxygens (including phenoxy) is 1. The van der Waals surface area contributed by atoms with Gasteiger partial charge in [0.1, 0.15) is 0 Å². The van der Waals surface area contributed by atoms with E-state index >= 15 is 0 Å². The third-order valence-corrected chi connectivity index (χ3v) is 4.03. The second-order valence-electron chi connectivity index (χ2n) is 6.07. The molecule has 1 aliphatic rings. The minimum atomic E-state index is -0.0487. The number of benzene rings is 1. The molecule has 3 rings (SSSR count). The largest absolute Gasteiger partial charge is 0.378 e. The molecule has 0 bridgehead atoms. The topological polar surface area (TPSA) is 67.4 Å². The average Bonchev–Trinajstić information content (AvgIpc) is 2.63. The number of hydrogen-bond donors (Lipinski definition) is 1. The lowest BCUT2D eigenvalue weighted by atomic mass is 10.0. The van der Waals surface area contributed by atoms with Crippen molar-refractivity contribution in [3.63, 3.8) is 0 Å². The molecule has 1 fully saturated rings. The van der Waals surface area contributed by atoms with Crippen molar-refractivity contribution in [2.24, 2.45) is 0 Å². The summed E-state index contributed by atoms with van der Waals surface area (Å²) in [5, 5.41) is 3.23. The van der Waals surface area contributed by atoms with Crippen molar-refractivity contribution >= 4 is 17.5 Å². The van der Waals surface area contributed by atoms with Gasteiger partial charge < -0.3 is 15.0 Å². The van der Waals surface area contributed by atoms with Gasteiger partial charge in [-0.05, 0) is 17.5 Å². The van der Waals surface area contributed by atoms with Crippen molar-refractivity contribution in [3.05, 3.63) is 47.8 Å². The Kier molecular flexibility index (Phi) is 5.05. The summed E-state index contributed by atoms with van der Waals surface area (Å²) in [5.41, 5.74) is 2.69. The number of rotatable bonds is 4. The van der Waals surface area contributed by atoms with Crippen molar-refractivity contribution in [1.29, 1.82) is 0 Å². The van der Waals surface area contributed by atoms with Gasteiger partial charge in [-0.15, -0.1) is 0 Å². The number of aromatic nitrogens is 2. The molecule has 6 nitrogen and oxygen atoms in total. The Morgan fingerprint density at radius 1 is 1.17 bits per heavy atom. The zero-order chi connectivity index (χ0) is 16.9. The highest BCUT2D eigenvalue weighted by Crippen LogP contribution is 2.25. The molecule has 1 amide bonds. The van der Waals surface area contributed by atoms with Gasteiger partial charge in [-0.3, -0.25) is 4.79 Å². The predicted molar refractivity (Wildman–Crippen MR) is 92.6 cm³/mol. The summed E-state index contributed by atoms with van der Waals surface area (Å²) in [6.07, 6.45) is 3.15. The van der Waals surface area contributed by atoms with Gasteiger partial charge in [0.25, 0.3) is 5.91 Å². The summed E-state index contributed by atoms with van der Waals surface area (Å²) in [6.45, 7) is 6.68. The third-order valence-electron chi connectivity index (χ3n) is 4.03. The van der Waals surface area contributed by atoms with Crippen LogP contribution in [0.3, 0.4) is 0 Å². The summed E-state index contributed by atoms with van der Waals surface area (Å²) in [5.74, 6) is 0.838. The van der Waals surface area contributed by atoms with E-state index in [1.165, 1.54) is 5.56 Å². The van der Waals surface area contributed by atoms with Crippen LogP contribution in [0, 0.1) is 0 Å². The highest BCUT2D eigenvalue weighted by molar-refractivity contribution is 5.93. The van der Waals surface area contributed by atoms with Crippen LogP contribution in [0.1, 0.15) is 35.7 Å². The predicted octanol–water partition coefficient (Wildman–Crippen LogP) is 2.82. The minimum absolute atomic E-state index is 0.0487. The van der Waals surface area contributed by atoms with E-state index in [1.807, 2.05) is 18.2 Å². The smallest absolute Gasteiger partial charge is 0.257 e. The Morgan fingerprint density at radius 3 is 2.50 bits per heavy atom. The van der Waals surface area contributed by atoms with Gasteiger partial charge in [-0.25, -0.2) is 9.97 Å². The van der Waals surface area contributed by atoms with Crippen molar-refractivity contribution in [2.45, 2.75) is 19.8 Å². The molecule has 1 saturated heterocycles. The number of nitrogens with zero attached hydrogens (tertiary/aromatic N) is 3. The molecule has 1 aromatic heterocycles. The molecule has 0 unspecified atom stereocenters. The zero-order valence-electron chi connectivity index (χ0n) is 14.0. The van der Waals surface area contributed by atoms with E-state index in [0.29, 0.717) is 43.7 Å². The molecule has 126 valence electrons. The van der Waals surface area contributed by atoms with Crippen LogP contribution in [0.4, 0.5) is 11.6 Å². The lowest BCUT2D eigenvalue weighted by molar-refractivity contribution is 0.0302. The van der Waals surface area contributed by atoms with Gasteiger partial charge in [-0.1, -0.05) is 32.0 Å². The molecule has 0 spiro atoms. The van der Waals surface area contributed by atoms with E-state index in [2.05, 4.69) is 35.2 Å². The first-order chi connectivity index (χ1) is 11.6. The second kappa shape index (κ2) is 7.40. The number of carbonyl (C=O) groups is 1. The molecule has 0 saturated carbocycles. The number of nitrogens with one attached hydrogen (secondary N) is 1. The molecular formula is C18H22N4O2. The monoisotopic (exact) mass is 326 g/mol. The molecule has 24 heavy (non-hydrogen) atoms. The van der Waals surface area contributed by atoms with Gasteiger partial charge in [0, 0.05) is 31.2 Å². The molecule has 1 aromatic carbocycles. The highest BCUT2D eigenvalue weighted by atomic mass is 16.5. The maximum absolute atomic E-state index is 12.4.